The van der Waals surface area contributed by atoms with Crippen molar-refractivity contribution in [3.63, 3.8) is 0 Å². The fourth-order valence-corrected chi connectivity index (χ4v) is 4.19. The first-order valence-electron chi connectivity index (χ1n) is 9.31. The lowest BCUT2D eigenvalue weighted by Gasteiger charge is -2.28. The Kier molecular flexibility index (Phi) is 5.33. The minimum Gasteiger partial charge on any atom is -0.755 e. The van der Waals surface area contributed by atoms with E-state index in [4.69, 9.17) is 4.42 Å². The predicted molar refractivity (Wildman–Crippen MR) is 107 cm³/mol. The minimum absolute atomic E-state index is 0.165. The number of pyridine rings is 1. The van der Waals surface area contributed by atoms with Gasteiger partial charge in [0.25, 0.3) is 5.91 Å². The Morgan fingerprint density at radius 3 is 2.72 bits per heavy atom. The molecule has 0 radical (unpaired) electrons. The van der Waals surface area contributed by atoms with Crippen LogP contribution in [-0.2, 0) is 17.7 Å². The van der Waals surface area contributed by atoms with E-state index in [0.29, 0.717) is 35.3 Å². The van der Waals surface area contributed by atoms with Crippen molar-refractivity contribution in [2.75, 3.05) is 17.9 Å². The number of nitrogens with one attached hydrogen (secondary N) is 1. The number of halogens is 1. The van der Waals surface area contributed by atoms with Gasteiger partial charge in [-0.2, -0.15) is 4.98 Å². The molecule has 3 aromatic rings. The van der Waals surface area contributed by atoms with Gasteiger partial charge in [0.2, 0.25) is 5.71 Å². The third-order valence-electron chi connectivity index (χ3n) is 5.02. The Labute approximate surface area is 169 Å². The normalized spacial score (nSPS) is 15.5. The third kappa shape index (κ3) is 3.63. The maximum Gasteiger partial charge on any atom is 0.255 e. The molecule has 4 rings (SSSR count). The van der Waals surface area contributed by atoms with Gasteiger partial charge in [0.15, 0.2) is 0 Å². The van der Waals surface area contributed by atoms with Crippen LogP contribution in [0.2, 0.25) is 0 Å². The largest absolute Gasteiger partial charge is 0.755 e. The molecule has 1 N–H and O–H groups in total. The van der Waals surface area contributed by atoms with Crippen molar-refractivity contribution in [1.82, 2.24) is 10.3 Å². The number of carbonyl (C=O) groups is 1. The number of nitrogens with zero attached hydrogens (tertiary/aromatic N) is 2. The summed E-state index contributed by atoms with van der Waals surface area (Å²) < 4.78 is 44.0. The molecule has 1 unspecified atom stereocenters. The Hall–Kier alpha value is -2.78. The van der Waals surface area contributed by atoms with Gasteiger partial charge >= 0.3 is 0 Å². The number of hydrogen-bond acceptors (Lipinski definition) is 5. The van der Waals surface area contributed by atoms with Crippen molar-refractivity contribution in [1.29, 1.82) is 0 Å². The molecule has 1 aromatic carbocycles. The van der Waals surface area contributed by atoms with Gasteiger partial charge in [0.1, 0.15) is 17.4 Å². The van der Waals surface area contributed by atoms with Crippen LogP contribution in [-0.4, -0.2) is 33.2 Å². The molecule has 2 aromatic heterocycles. The fraction of sp³-hybridized carbons (Fsp3) is 0.300. The molecule has 0 bridgehead atoms. The highest BCUT2D eigenvalue weighted by atomic mass is 32.2. The molecule has 0 fully saturated rings. The summed E-state index contributed by atoms with van der Waals surface area (Å²) in [5, 5.41) is 3.10. The number of rotatable bonds is 3. The van der Waals surface area contributed by atoms with Crippen LogP contribution in [0.15, 0.2) is 34.7 Å². The molecular formula is C20H19FN3O4S-. The average molecular weight is 416 g/mol. The molecule has 0 spiro atoms. The first-order valence-corrected chi connectivity index (χ1v) is 10.3. The Balaban J connectivity index is 1.97. The lowest BCUT2D eigenvalue weighted by atomic mass is 10.0. The van der Waals surface area contributed by atoms with Gasteiger partial charge < -0.3 is 14.3 Å². The smallest absolute Gasteiger partial charge is 0.255 e. The zero-order chi connectivity index (χ0) is 20.5. The van der Waals surface area contributed by atoms with Crippen LogP contribution in [0, 0.1) is 5.82 Å². The molecule has 1 aliphatic rings. The number of aryl methyl sites for hydroxylation is 1. The molecule has 29 heavy (non-hydrogen) atoms. The van der Waals surface area contributed by atoms with Crippen LogP contribution in [0.3, 0.4) is 0 Å². The molecule has 9 heteroatoms. The topological polar surface area (TPSA) is 98.5 Å². The summed E-state index contributed by atoms with van der Waals surface area (Å²) in [6.45, 7) is 0.343. The van der Waals surface area contributed by atoms with Gasteiger partial charge in [-0.15, -0.1) is 0 Å². The predicted octanol–water partition coefficient (Wildman–Crippen LogP) is 3.32. The van der Waals surface area contributed by atoms with E-state index in [-0.39, 0.29) is 17.4 Å². The molecule has 7 nitrogen and oxygen atoms in total. The first-order chi connectivity index (χ1) is 14.0. The number of benzene rings is 1. The van der Waals surface area contributed by atoms with E-state index in [9.17, 15) is 17.9 Å². The summed E-state index contributed by atoms with van der Waals surface area (Å²) in [4.78, 5) is 17.1. The van der Waals surface area contributed by atoms with Crippen LogP contribution < -0.4 is 9.62 Å². The lowest BCUT2D eigenvalue weighted by Crippen LogP contribution is -2.29. The van der Waals surface area contributed by atoms with Crippen LogP contribution >= 0.6 is 0 Å². The van der Waals surface area contributed by atoms with Crippen molar-refractivity contribution in [2.24, 2.45) is 0 Å². The lowest BCUT2D eigenvalue weighted by molar-refractivity contribution is 0.0964. The van der Waals surface area contributed by atoms with Crippen LogP contribution in [0.1, 0.15) is 35.2 Å². The minimum atomic E-state index is -2.46. The van der Waals surface area contributed by atoms with E-state index in [1.54, 1.807) is 6.07 Å². The summed E-state index contributed by atoms with van der Waals surface area (Å²) in [6, 6.07) is 7.39. The van der Waals surface area contributed by atoms with Gasteiger partial charge in [0.05, 0.1) is 10.9 Å². The fourth-order valence-electron chi connectivity index (χ4n) is 3.61. The number of aromatic nitrogens is 1. The van der Waals surface area contributed by atoms with Gasteiger partial charge in [-0.25, -0.2) is 4.39 Å². The van der Waals surface area contributed by atoms with Crippen LogP contribution in [0.4, 0.5) is 10.2 Å². The molecule has 1 atom stereocenters. The Morgan fingerprint density at radius 2 is 2.03 bits per heavy atom. The SMILES string of the molecule is CNC(=O)c1c(-c2ccc(F)cc2)oc2nc3c(cc12)CCCCCN3S(=O)[O-]. The van der Waals surface area contributed by atoms with Gasteiger partial charge in [-0.3, -0.25) is 13.3 Å². The Morgan fingerprint density at radius 1 is 1.28 bits per heavy atom. The average Bonchev–Trinajstić information content (AvgIpc) is 3.06. The maximum absolute atomic E-state index is 13.3. The highest BCUT2D eigenvalue weighted by Gasteiger charge is 2.26. The molecule has 0 aliphatic carbocycles. The van der Waals surface area contributed by atoms with Crippen molar-refractivity contribution in [3.8, 4) is 11.3 Å². The molecular weight excluding hydrogens is 397 g/mol. The monoisotopic (exact) mass is 416 g/mol. The van der Waals surface area contributed by atoms with E-state index < -0.39 is 17.1 Å². The van der Waals surface area contributed by atoms with E-state index in [2.05, 4.69) is 10.3 Å². The summed E-state index contributed by atoms with van der Waals surface area (Å²) in [5.74, 6) is -0.172. The van der Waals surface area contributed by atoms with Crippen LogP contribution in [0.25, 0.3) is 22.4 Å². The summed E-state index contributed by atoms with van der Waals surface area (Å²) in [5.41, 5.74) is 1.73. The van der Waals surface area contributed by atoms with Gasteiger partial charge in [0, 0.05) is 30.4 Å². The second kappa shape index (κ2) is 7.92. The number of furan rings is 1. The number of carbonyl (C=O) groups excluding carboxylic acids is 1. The third-order valence-corrected chi connectivity index (χ3v) is 5.74. The van der Waals surface area contributed by atoms with Crippen molar-refractivity contribution >= 4 is 34.1 Å². The molecule has 1 aliphatic heterocycles. The molecule has 0 saturated carbocycles. The molecule has 3 heterocycles. The standard InChI is InChI=1S/C20H20FN3O4S/c1-22-19(25)16-15-11-13-5-3-2-4-10-24(29(26)27)18(13)23-20(15)28-17(16)12-6-8-14(21)9-7-12/h6-9,11H,2-5,10H2,1H3,(H,22,25)(H,26,27)/p-1. The van der Waals surface area contributed by atoms with Crippen molar-refractivity contribution in [3.05, 3.63) is 47.3 Å². The summed E-state index contributed by atoms with van der Waals surface area (Å²) in [7, 11) is 1.51. The number of fused-ring (bicyclic) bond motifs is 2. The second-order valence-electron chi connectivity index (χ2n) is 6.85. The van der Waals surface area contributed by atoms with E-state index in [0.717, 1.165) is 24.8 Å². The number of hydrogen-bond donors (Lipinski definition) is 1. The van der Waals surface area contributed by atoms with Crippen molar-refractivity contribution in [2.45, 2.75) is 25.7 Å². The summed E-state index contributed by atoms with van der Waals surface area (Å²) >= 11 is -2.46. The highest BCUT2D eigenvalue weighted by molar-refractivity contribution is 7.80. The molecule has 152 valence electrons. The molecule has 1 amide bonds. The highest BCUT2D eigenvalue weighted by Crippen LogP contribution is 2.36. The molecule has 0 saturated heterocycles. The van der Waals surface area contributed by atoms with E-state index in [1.165, 1.54) is 35.6 Å². The zero-order valence-electron chi connectivity index (χ0n) is 15.7. The first kappa shape index (κ1) is 19.5. The Bertz CT molecular complexity index is 1100. The summed E-state index contributed by atoms with van der Waals surface area (Å²) in [6.07, 6.45) is 3.20. The maximum atomic E-state index is 13.3. The number of anilines is 1. The quantitative estimate of drug-likeness (QED) is 0.661. The van der Waals surface area contributed by atoms with E-state index >= 15 is 0 Å². The van der Waals surface area contributed by atoms with Gasteiger partial charge in [-0.1, -0.05) is 6.42 Å². The number of amides is 1. The second-order valence-corrected chi connectivity index (χ2v) is 7.72. The van der Waals surface area contributed by atoms with Crippen LogP contribution in [0.5, 0.6) is 0 Å². The van der Waals surface area contributed by atoms with Gasteiger partial charge in [-0.05, 0) is 55.2 Å². The zero-order valence-corrected chi connectivity index (χ0v) is 16.6. The van der Waals surface area contributed by atoms with Crippen molar-refractivity contribution < 1.29 is 22.4 Å². The van der Waals surface area contributed by atoms with E-state index in [1.807, 2.05) is 0 Å².